The van der Waals surface area contributed by atoms with Gasteiger partial charge in [-0.15, -0.1) is 0 Å². The molecule has 0 bridgehead atoms. The van der Waals surface area contributed by atoms with Crippen molar-refractivity contribution < 1.29 is 14.6 Å². The van der Waals surface area contributed by atoms with Gasteiger partial charge >= 0.3 is 0 Å². The van der Waals surface area contributed by atoms with E-state index in [1.807, 2.05) is 0 Å². The lowest BCUT2D eigenvalue weighted by atomic mass is 9.67. The molecule has 1 aliphatic heterocycles. The molecule has 2 aliphatic carbocycles. The minimum absolute atomic E-state index is 0.139. The number of hydrogen-bond acceptors (Lipinski definition) is 3. The van der Waals surface area contributed by atoms with Crippen LogP contribution < -0.4 is 0 Å². The van der Waals surface area contributed by atoms with E-state index in [0.29, 0.717) is 11.3 Å². The number of ether oxygens (including phenoxy) is 2. The minimum Gasteiger partial charge on any atom is -0.393 e. The first-order valence-corrected chi connectivity index (χ1v) is 6.10. The van der Waals surface area contributed by atoms with Gasteiger partial charge in [-0.1, -0.05) is 6.92 Å². The maximum absolute atomic E-state index is 10.0. The van der Waals surface area contributed by atoms with E-state index in [-0.39, 0.29) is 11.9 Å². The van der Waals surface area contributed by atoms with Gasteiger partial charge in [0.05, 0.1) is 19.3 Å². The van der Waals surface area contributed by atoms with Crippen LogP contribution in [0.1, 0.15) is 39.0 Å². The van der Waals surface area contributed by atoms with Crippen molar-refractivity contribution in [2.45, 2.75) is 50.9 Å². The fourth-order valence-corrected chi connectivity index (χ4v) is 3.69. The molecule has 15 heavy (non-hydrogen) atoms. The molecule has 1 heterocycles. The fraction of sp³-hybridized carbons (Fsp3) is 1.00. The molecule has 3 atom stereocenters. The Labute approximate surface area is 90.8 Å². The van der Waals surface area contributed by atoms with Gasteiger partial charge in [0.15, 0.2) is 5.79 Å². The molecule has 1 N–H and O–H groups in total. The average Bonchev–Trinajstić information content (AvgIpc) is 2.78. The van der Waals surface area contributed by atoms with E-state index < -0.39 is 0 Å². The second-order valence-electron chi connectivity index (χ2n) is 5.68. The third kappa shape index (κ3) is 1.44. The highest BCUT2D eigenvalue weighted by atomic mass is 16.7. The number of rotatable bonds is 0. The quantitative estimate of drug-likeness (QED) is 0.664. The molecule has 0 unspecified atom stereocenters. The standard InChI is InChI=1S/C12H20O3/c1-11-3-2-10(13)9(11)8-12(5-4-11)14-6-7-15-12/h9-10,13H,2-8H2,1H3/t9-,10+,11-/m1/s1. The van der Waals surface area contributed by atoms with E-state index >= 15 is 0 Å². The molecule has 2 saturated carbocycles. The van der Waals surface area contributed by atoms with Crippen LogP contribution in [0, 0.1) is 11.3 Å². The number of hydrogen-bond donors (Lipinski definition) is 1. The first kappa shape index (κ1) is 10.1. The maximum Gasteiger partial charge on any atom is 0.168 e. The molecule has 3 nitrogen and oxygen atoms in total. The molecule has 3 fully saturated rings. The van der Waals surface area contributed by atoms with Crippen molar-refractivity contribution in [3.8, 4) is 0 Å². The first-order chi connectivity index (χ1) is 7.14. The van der Waals surface area contributed by atoms with Crippen LogP contribution in [-0.4, -0.2) is 30.2 Å². The van der Waals surface area contributed by atoms with E-state index in [9.17, 15) is 5.11 Å². The second-order valence-corrected chi connectivity index (χ2v) is 5.68. The Hall–Kier alpha value is -0.120. The molecule has 0 aromatic carbocycles. The third-order valence-electron chi connectivity index (χ3n) is 4.79. The average molecular weight is 212 g/mol. The van der Waals surface area contributed by atoms with Crippen LogP contribution in [0.5, 0.6) is 0 Å². The Balaban J connectivity index is 1.81. The van der Waals surface area contributed by atoms with Crippen LogP contribution in [0.25, 0.3) is 0 Å². The summed E-state index contributed by atoms with van der Waals surface area (Å²) in [6.07, 6.45) is 5.01. The third-order valence-corrected chi connectivity index (χ3v) is 4.79. The SMILES string of the molecule is C[C@]12CC[C@H](O)[C@H]1CC1(CC2)OCCO1. The first-order valence-electron chi connectivity index (χ1n) is 6.10. The number of fused-ring (bicyclic) bond motifs is 1. The fourth-order valence-electron chi connectivity index (χ4n) is 3.69. The van der Waals surface area contributed by atoms with Crippen LogP contribution in [0.2, 0.25) is 0 Å². The Morgan fingerprint density at radius 2 is 1.87 bits per heavy atom. The topological polar surface area (TPSA) is 38.7 Å². The van der Waals surface area contributed by atoms with Gasteiger partial charge in [-0.25, -0.2) is 0 Å². The van der Waals surface area contributed by atoms with Crippen LogP contribution in [-0.2, 0) is 9.47 Å². The summed E-state index contributed by atoms with van der Waals surface area (Å²) in [5.41, 5.74) is 0.333. The predicted molar refractivity (Wildman–Crippen MR) is 55.3 cm³/mol. The summed E-state index contributed by atoms with van der Waals surface area (Å²) in [4.78, 5) is 0. The van der Waals surface area contributed by atoms with Crippen molar-refractivity contribution in [1.29, 1.82) is 0 Å². The molecule has 0 aromatic rings. The van der Waals surface area contributed by atoms with Crippen molar-refractivity contribution in [3.63, 3.8) is 0 Å². The van der Waals surface area contributed by atoms with E-state index in [1.54, 1.807) is 0 Å². The zero-order valence-electron chi connectivity index (χ0n) is 9.37. The Morgan fingerprint density at radius 3 is 2.60 bits per heavy atom. The van der Waals surface area contributed by atoms with E-state index in [0.717, 1.165) is 45.3 Å². The molecule has 1 spiro atoms. The van der Waals surface area contributed by atoms with Crippen molar-refractivity contribution >= 4 is 0 Å². The van der Waals surface area contributed by atoms with E-state index in [4.69, 9.17) is 9.47 Å². The predicted octanol–water partition coefficient (Wildman–Crippen LogP) is 1.69. The summed E-state index contributed by atoms with van der Waals surface area (Å²) < 4.78 is 11.5. The number of aliphatic hydroxyl groups excluding tert-OH is 1. The lowest BCUT2D eigenvalue weighted by molar-refractivity contribution is -0.208. The van der Waals surface area contributed by atoms with Gasteiger partial charge in [0.25, 0.3) is 0 Å². The molecule has 3 aliphatic rings. The molecule has 0 radical (unpaired) electrons. The summed E-state index contributed by atoms with van der Waals surface area (Å²) >= 11 is 0. The van der Waals surface area contributed by atoms with E-state index in [2.05, 4.69) is 6.92 Å². The monoisotopic (exact) mass is 212 g/mol. The zero-order chi connectivity index (χ0) is 10.5. The Bertz CT molecular complexity index is 260. The van der Waals surface area contributed by atoms with Crippen LogP contribution in [0.15, 0.2) is 0 Å². The maximum atomic E-state index is 10.0. The summed E-state index contributed by atoms with van der Waals surface area (Å²) in [6, 6.07) is 0. The van der Waals surface area contributed by atoms with Crippen LogP contribution in [0.4, 0.5) is 0 Å². The van der Waals surface area contributed by atoms with Gasteiger partial charge in [-0.3, -0.25) is 0 Å². The highest BCUT2D eigenvalue weighted by Crippen LogP contribution is 2.56. The molecule has 3 rings (SSSR count). The summed E-state index contributed by atoms with van der Waals surface area (Å²) in [5, 5.41) is 10.0. The summed E-state index contributed by atoms with van der Waals surface area (Å²) in [5.74, 6) is 0.0412. The molecular weight excluding hydrogens is 192 g/mol. The molecule has 0 aromatic heterocycles. The minimum atomic E-state index is -0.338. The summed E-state index contributed by atoms with van der Waals surface area (Å²) in [7, 11) is 0. The van der Waals surface area contributed by atoms with Crippen LogP contribution in [0.3, 0.4) is 0 Å². The van der Waals surface area contributed by atoms with Gasteiger partial charge in [-0.05, 0) is 30.6 Å². The number of aliphatic hydroxyl groups is 1. The normalized spacial score (nSPS) is 48.4. The molecule has 3 heteroatoms. The highest BCUT2D eigenvalue weighted by Gasteiger charge is 2.54. The smallest absolute Gasteiger partial charge is 0.168 e. The van der Waals surface area contributed by atoms with Crippen molar-refractivity contribution in [1.82, 2.24) is 0 Å². The lowest BCUT2D eigenvalue weighted by Crippen LogP contribution is -2.45. The molecule has 0 amide bonds. The van der Waals surface area contributed by atoms with Crippen LogP contribution >= 0.6 is 0 Å². The van der Waals surface area contributed by atoms with Crippen molar-refractivity contribution in [3.05, 3.63) is 0 Å². The van der Waals surface area contributed by atoms with Gasteiger partial charge in [-0.2, -0.15) is 0 Å². The van der Waals surface area contributed by atoms with E-state index in [1.165, 1.54) is 0 Å². The highest BCUT2D eigenvalue weighted by molar-refractivity contribution is 5.01. The lowest BCUT2D eigenvalue weighted by Gasteiger charge is -2.45. The van der Waals surface area contributed by atoms with Crippen molar-refractivity contribution in [2.75, 3.05) is 13.2 Å². The van der Waals surface area contributed by atoms with Gasteiger partial charge < -0.3 is 14.6 Å². The largest absolute Gasteiger partial charge is 0.393 e. The van der Waals surface area contributed by atoms with Crippen molar-refractivity contribution in [2.24, 2.45) is 11.3 Å². The molecule has 1 saturated heterocycles. The van der Waals surface area contributed by atoms with Gasteiger partial charge in [0, 0.05) is 12.8 Å². The molecule has 86 valence electrons. The Morgan fingerprint density at radius 1 is 1.13 bits per heavy atom. The Kier molecular flexibility index (Phi) is 2.14. The second kappa shape index (κ2) is 3.19. The van der Waals surface area contributed by atoms with Gasteiger partial charge in [0.1, 0.15) is 0 Å². The zero-order valence-corrected chi connectivity index (χ0v) is 9.37. The van der Waals surface area contributed by atoms with Gasteiger partial charge in [0.2, 0.25) is 0 Å². The molecular formula is C12H20O3. The summed E-state index contributed by atoms with van der Waals surface area (Å²) in [6.45, 7) is 3.76.